The molecule has 2 heterocycles. The molecule has 0 atom stereocenters. The molecule has 0 unspecified atom stereocenters. The predicted octanol–water partition coefficient (Wildman–Crippen LogP) is 2.17. The molecule has 3 rings (SSSR count). The van der Waals surface area contributed by atoms with Crippen LogP contribution in [0.3, 0.4) is 0 Å². The molecular weight excluding hydrogens is 256 g/mol. The molecule has 5 heteroatoms. The Labute approximate surface area is 118 Å². The van der Waals surface area contributed by atoms with E-state index in [2.05, 4.69) is 4.90 Å². The normalized spacial score (nSPS) is 21.2. The fourth-order valence-corrected chi connectivity index (χ4v) is 3.26. The van der Waals surface area contributed by atoms with Crippen LogP contribution in [0.5, 0.6) is 0 Å². The van der Waals surface area contributed by atoms with E-state index >= 15 is 0 Å². The summed E-state index contributed by atoms with van der Waals surface area (Å²) in [6, 6.07) is 5.93. The lowest BCUT2D eigenvalue weighted by atomic mass is 10.0. The molecule has 2 aliphatic heterocycles. The zero-order valence-electron chi connectivity index (χ0n) is 11.6. The van der Waals surface area contributed by atoms with Gasteiger partial charge >= 0.3 is 0 Å². The Morgan fingerprint density at radius 1 is 1.15 bits per heavy atom. The summed E-state index contributed by atoms with van der Waals surface area (Å²) in [6.45, 7) is 3.77. The van der Waals surface area contributed by atoms with E-state index in [0.717, 1.165) is 57.6 Å². The molecule has 108 valence electrons. The summed E-state index contributed by atoms with van der Waals surface area (Å²) in [4.78, 5) is 13.1. The van der Waals surface area contributed by atoms with Crippen LogP contribution < -0.4 is 0 Å². The number of non-ortho nitro benzene ring substituents is 1. The molecule has 1 aromatic rings. The maximum Gasteiger partial charge on any atom is 0.269 e. The third kappa shape index (κ3) is 2.83. The Balaban J connectivity index is 1.72. The Bertz CT molecular complexity index is 498. The summed E-state index contributed by atoms with van der Waals surface area (Å²) in [5.74, 6) is 0. The third-order valence-electron chi connectivity index (χ3n) is 4.44. The van der Waals surface area contributed by atoms with Gasteiger partial charge in [0.2, 0.25) is 0 Å². The molecule has 0 aromatic heterocycles. The molecule has 1 fully saturated rings. The van der Waals surface area contributed by atoms with Gasteiger partial charge in [-0.15, -0.1) is 0 Å². The Kier molecular flexibility index (Phi) is 3.98. The van der Waals surface area contributed by atoms with E-state index in [1.54, 1.807) is 12.1 Å². The fourth-order valence-electron chi connectivity index (χ4n) is 3.26. The van der Waals surface area contributed by atoms with Gasteiger partial charge in [-0.2, -0.15) is 0 Å². The molecule has 0 saturated carbocycles. The van der Waals surface area contributed by atoms with E-state index < -0.39 is 0 Å². The fraction of sp³-hybridized carbons (Fsp3) is 0.600. The van der Waals surface area contributed by atoms with E-state index in [9.17, 15) is 10.1 Å². The minimum atomic E-state index is -0.304. The van der Waals surface area contributed by atoms with Crippen LogP contribution in [0.2, 0.25) is 0 Å². The highest BCUT2D eigenvalue weighted by molar-refractivity contribution is 5.40. The molecule has 1 saturated heterocycles. The summed E-state index contributed by atoms with van der Waals surface area (Å²) >= 11 is 0. The smallest absolute Gasteiger partial charge is 0.269 e. The predicted molar refractivity (Wildman–Crippen MR) is 75.9 cm³/mol. The second-order valence-corrected chi connectivity index (χ2v) is 5.59. The summed E-state index contributed by atoms with van der Waals surface area (Å²) in [5, 5.41) is 10.9. The average molecular weight is 276 g/mol. The first-order valence-electron chi connectivity index (χ1n) is 7.32. The highest BCUT2D eigenvalue weighted by Gasteiger charge is 2.24. The van der Waals surface area contributed by atoms with Crippen LogP contribution in [0.15, 0.2) is 18.2 Å². The number of rotatable bonds is 2. The molecule has 20 heavy (non-hydrogen) atoms. The van der Waals surface area contributed by atoms with Crippen LogP contribution in [0.25, 0.3) is 0 Å². The zero-order valence-corrected chi connectivity index (χ0v) is 11.6. The minimum Gasteiger partial charge on any atom is -0.381 e. The molecule has 0 aliphatic carbocycles. The van der Waals surface area contributed by atoms with Gasteiger partial charge in [0.1, 0.15) is 0 Å². The highest BCUT2D eigenvalue weighted by atomic mass is 16.6. The van der Waals surface area contributed by atoms with Crippen molar-refractivity contribution in [2.45, 2.75) is 31.7 Å². The molecule has 0 amide bonds. The van der Waals surface area contributed by atoms with Gasteiger partial charge < -0.3 is 4.74 Å². The lowest BCUT2D eigenvalue weighted by Crippen LogP contribution is -2.40. The molecule has 0 radical (unpaired) electrons. The van der Waals surface area contributed by atoms with Gasteiger partial charge in [0.15, 0.2) is 0 Å². The number of hydrogen-bond donors (Lipinski definition) is 0. The van der Waals surface area contributed by atoms with Crippen molar-refractivity contribution in [2.75, 3.05) is 26.3 Å². The van der Waals surface area contributed by atoms with Crippen molar-refractivity contribution >= 4 is 5.69 Å². The van der Waals surface area contributed by atoms with Crippen molar-refractivity contribution in [3.8, 4) is 0 Å². The maximum atomic E-state index is 10.9. The standard InChI is InChI=1S/C15H20N2O3/c18-17(19)15-2-1-12-3-7-16(8-4-13(12)11-15)14-5-9-20-10-6-14/h1-2,11,14H,3-10H2. The van der Waals surface area contributed by atoms with Crippen molar-refractivity contribution in [3.05, 3.63) is 39.4 Å². The lowest BCUT2D eigenvalue weighted by molar-refractivity contribution is -0.384. The highest BCUT2D eigenvalue weighted by Crippen LogP contribution is 2.24. The zero-order chi connectivity index (χ0) is 13.9. The molecule has 2 aliphatic rings. The van der Waals surface area contributed by atoms with Gasteiger partial charge in [0, 0.05) is 44.5 Å². The largest absolute Gasteiger partial charge is 0.381 e. The van der Waals surface area contributed by atoms with Gasteiger partial charge in [-0.05, 0) is 36.8 Å². The van der Waals surface area contributed by atoms with Crippen LogP contribution >= 0.6 is 0 Å². The molecule has 0 spiro atoms. The summed E-state index contributed by atoms with van der Waals surface area (Å²) in [6.07, 6.45) is 4.12. The summed E-state index contributed by atoms with van der Waals surface area (Å²) in [5.41, 5.74) is 2.63. The molecule has 1 aromatic carbocycles. The summed E-state index contributed by atoms with van der Waals surface area (Å²) in [7, 11) is 0. The van der Waals surface area contributed by atoms with Gasteiger partial charge in [0.25, 0.3) is 5.69 Å². The van der Waals surface area contributed by atoms with Crippen molar-refractivity contribution < 1.29 is 9.66 Å². The second-order valence-electron chi connectivity index (χ2n) is 5.59. The summed E-state index contributed by atoms with van der Waals surface area (Å²) < 4.78 is 5.42. The van der Waals surface area contributed by atoms with Crippen molar-refractivity contribution in [1.29, 1.82) is 0 Å². The first-order valence-corrected chi connectivity index (χ1v) is 7.32. The SMILES string of the molecule is O=[N+]([O-])c1ccc2c(c1)CCN(C1CCOCC1)CC2. The van der Waals surface area contributed by atoms with Crippen molar-refractivity contribution in [1.82, 2.24) is 4.90 Å². The molecule has 0 N–H and O–H groups in total. The van der Waals surface area contributed by atoms with Crippen molar-refractivity contribution in [3.63, 3.8) is 0 Å². The number of ether oxygens (including phenoxy) is 1. The minimum absolute atomic E-state index is 0.211. The quantitative estimate of drug-likeness (QED) is 0.613. The number of nitro groups is 1. The molecule has 0 bridgehead atoms. The topological polar surface area (TPSA) is 55.6 Å². The van der Waals surface area contributed by atoms with E-state index in [4.69, 9.17) is 4.74 Å². The van der Waals surface area contributed by atoms with Gasteiger partial charge in [0.05, 0.1) is 4.92 Å². The van der Waals surface area contributed by atoms with Gasteiger partial charge in [-0.1, -0.05) is 6.07 Å². The number of fused-ring (bicyclic) bond motifs is 1. The molecule has 5 nitrogen and oxygen atoms in total. The lowest BCUT2D eigenvalue weighted by Gasteiger charge is -2.33. The number of nitro benzene ring substituents is 1. The Morgan fingerprint density at radius 3 is 2.55 bits per heavy atom. The monoisotopic (exact) mass is 276 g/mol. The third-order valence-corrected chi connectivity index (χ3v) is 4.44. The number of benzene rings is 1. The van der Waals surface area contributed by atoms with Crippen LogP contribution in [-0.2, 0) is 17.6 Å². The Hall–Kier alpha value is -1.46. The van der Waals surface area contributed by atoms with E-state index in [1.807, 2.05) is 6.07 Å². The van der Waals surface area contributed by atoms with Gasteiger partial charge in [-0.3, -0.25) is 15.0 Å². The average Bonchev–Trinajstić information content (AvgIpc) is 2.70. The van der Waals surface area contributed by atoms with E-state index in [0.29, 0.717) is 6.04 Å². The van der Waals surface area contributed by atoms with Crippen LogP contribution in [0.4, 0.5) is 5.69 Å². The molecular formula is C15H20N2O3. The van der Waals surface area contributed by atoms with Gasteiger partial charge in [-0.25, -0.2) is 0 Å². The number of nitrogens with zero attached hydrogens (tertiary/aromatic N) is 2. The maximum absolute atomic E-state index is 10.9. The second kappa shape index (κ2) is 5.89. The first-order chi connectivity index (χ1) is 9.74. The van der Waals surface area contributed by atoms with E-state index in [1.165, 1.54) is 5.56 Å². The van der Waals surface area contributed by atoms with Crippen LogP contribution in [0, 0.1) is 10.1 Å². The van der Waals surface area contributed by atoms with Crippen LogP contribution in [-0.4, -0.2) is 42.2 Å². The van der Waals surface area contributed by atoms with Crippen molar-refractivity contribution in [2.24, 2.45) is 0 Å². The number of hydrogen-bond acceptors (Lipinski definition) is 4. The first kappa shape index (κ1) is 13.5. The Morgan fingerprint density at radius 2 is 1.85 bits per heavy atom. The van der Waals surface area contributed by atoms with Crippen LogP contribution in [0.1, 0.15) is 24.0 Å². The van der Waals surface area contributed by atoms with E-state index in [-0.39, 0.29) is 10.6 Å².